The first-order valence-electron chi connectivity index (χ1n) is 8.12. The van der Waals surface area contributed by atoms with E-state index in [-0.39, 0.29) is 11.5 Å². The Labute approximate surface area is 154 Å². The standard InChI is InChI=1S/C19H16FN5O2/c1-25-19-15(18(21)22-10-23-19)17(24-25)11-6-8-12(9-7-11)27-14-5-3-4-13(26-2)16(14)20/h3-10H,1-2H3,(H2,21,22,23). The molecule has 2 heterocycles. The van der Waals surface area contributed by atoms with Crippen molar-refractivity contribution in [2.75, 3.05) is 12.8 Å². The monoisotopic (exact) mass is 365 g/mol. The summed E-state index contributed by atoms with van der Waals surface area (Å²) in [6, 6.07) is 11.8. The highest BCUT2D eigenvalue weighted by Gasteiger charge is 2.16. The van der Waals surface area contributed by atoms with Crippen LogP contribution in [0.15, 0.2) is 48.8 Å². The number of fused-ring (bicyclic) bond motifs is 1. The van der Waals surface area contributed by atoms with Gasteiger partial charge in [0, 0.05) is 12.6 Å². The number of hydrogen-bond acceptors (Lipinski definition) is 6. The number of aromatic nitrogens is 4. The summed E-state index contributed by atoms with van der Waals surface area (Å²) in [7, 11) is 3.20. The van der Waals surface area contributed by atoms with Crippen LogP contribution in [0.1, 0.15) is 0 Å². The third kappa shape index (κ3) is 2.91. The summed E-state index contributed by atoms with van der Waals surface area (Å²) in [6.45, 7) is 0. The number of rotatable bonds is 4. The summed E-state index contributed by atoms with van der Waals surface area (Å²) >= 11 is 0. The average Bonchev–Trinajstić information content (AvgIpc) is 3.02. The Balaban J connectivity index is 1.68. The number of ether oxygens (including phenoxy) is 2. The molecule has 0 saturated carbocycles. The molecule has 4 aromatic rings. The third-order valence-corrected chi connectivity index (χ3v) is 4.15. The van der Waals surface area contributed by atoms with Gasteiger partial charge in [0.05, 0.1) is 12.5 Å². The van der Waals surface area contributed by atoms with Gasteiger partial charge in [0.1, 0.15) is 23.6 Å². The number of nitrogens with two attached hydrogens (primary N) is 1. The Morgan fingerprint density at radius 1 is 1.04 bits per heavy atom. The van der Waals surface area contributed by atoms with Gasteiger partial charge in [-0.15, -0.1) is 0 Å². The van der Waals surface area contributed by atoms with Crippen LogP contribution < -0.4 is 15.2 Å². The molecule has 0 bridgehead atoms. The first kappa shape index (κ1) is 16.8. The van der Waals surface area contributed by atoms with Crippen LogP contribution in [0.5, 0.6) is 17.2 Å². The summed E-state index contributed by atoms with van der Waals surface area (Å²) in [5.41, 5.74) is 8.14. The Kier molecular flexibility index (Phi) is 4.08. The second-order valence-electron chi connectivity index (χ2n) is 5.83. The van der Waals surface area contributed by atoms with Crippen molar-refractivity contribution in [3.05, 3.63) is 54.6 Å². The lowest BCUT2D eigenvalue weighted by Gasteiger charge is -2.09. The number of methoxy groups -OCH3 is 1. The quantitative estimate of drug-likeness (QED) is 0.595. The number of benzene rings is 2. The smallest absolute Gasteiger partial charge is 0.207 e. The zero-order valence-corrected chi connectivity index (χ0v) is 14.7. The molecule has 0 aliphatic rings. The summed E-state index contributed by atoms with van der Waals surface area (Å²) < 4.78 is 26.5. The van der Waals surface area contributed by atoms with Crippen molar-refractivity contribution < 1.29 is 13.9 Å². The van der Waals surface area contributed by atoms with Crippen LogP contribution >= 0.6 is 0 Å². The number of hydrogen-bond donors (Lipinski definition) is 1. The van der Waals surface area contributed by atoms with Gasteiger partial charge in [-0.2, -0.15) is 9.49 Å². The zero-order valence-electron chi connectivity index (χ0n) is 14.7. The van der Waals surface area contributed by atoms with Crippen molar-refractivity contribution in [2.45, 2.75) is 0 Å². The minimum absolute atomic E-state index is 0.0861. The van der Waals surface area contributed by atoms with Crippen molar-refractivity contribution >= 4 is 16.9 Å². The summed E-state index contributed by atoms with van der Waals surface area (Å²) in [5, 5.41) is 5.18. The first-order chi connectivity index (χ1) is 13.1. The lowest BCUT2D eigenvalue weighted by Crippen LogP contribution is -1.95. The van der Waals surface area contributed by atoms with Crippen molar-refractivity contribution in [3.8, 4) is 28.5 Å². The van der Waals surface area contributed by atoms with E-state index in [0.717, 1.165) is 5.56 Å². The van der Waals surface area contributed by atoms with Crippen LogP contribution in [0.3, 0.4) is 0 Å². The maximum atomic E-state index is 14.2. The van der Waals surface area contributed by atoms with E-state index >= 15 is 0 Å². The van der Waals surface area contributed by atoms with Gasteiger partial charge in [0.2, 0.25) is 5.82 Å². The molecule has 2 N–H and O–H groups in total. The molecule has 27 heavy (non-hydrogen) atoms. The van der Waals surface area contributed by atoms with Gasteiger partial charge in [-0.1, -0.05) is 6.07 Å². The van der Waals surface area contributed by atoms with E-state index in [1.807, 2.05) is 12.1 Å². The molecular weight excluding hydrogens is 349 g/mol. The fraction of sp³-hybridized carbons (Fsp3) is 0.105. The number of anilines is 1. The van der Waals surface area contributed by atoms with Crippen molar-refractivity contribution in [2.24, 2.45) is 7.05 Å². The van der Waals surface area contributed by atoms with Crippen LogP contribution in [-0.2, 0) is 7.05 Å². The van der Waals surface area contributed by atoms with E-state index < -0.39 is 5.82 Å². The normalized spacial score (nSPS) is 10.9. The predicted octanol–water partition coefficient (Wildman–Crippen LogP) is 3.55. The molecule has 4 rings (SSSR count). The van der Waals surface area contributed by atoms with Crippen LogP contribution in [0, 0.1) is 5.82 Å². The summed E-state index contributed by atoms with van der Waals surface area (Å²) in [4.78, 5) is 8.26. The molecule has 0 aliphatic carbocycles. The van der Waals surface area contributed by atoms with Gasteiger partial charge in [-0.05, 0) is 36.4 Å². The second-order valence-corrected chi connectivity index (χ2v) is 5.83. The maximum absolute atomic E-state index is 14.2. The zero-order chi connectivity index (χ0) is 19.0. The average molecular weight is 365 g/mol. The topological polar surface area (TPSA) is 88.1 Å². The molecule has 136 valence electrons. The van der Waals surface area contributed by atoms with Gasteiger partial charge < -0.3 is 15.2 Å². The molecule has 0 aliphatic heterocycles. The lowest BCUT2D eigenvalue weighted by molar-refractivity contribution is 0.368. The summed E-state index contributed by atoms with van der Waals surface area (Å²) in [6.07, 6.45) is 1.41. The largest absolute Gasteiger partial charge is 0.494 e. The highest BCUT2D eigenvalue weighted by molar-refractivity contribution is 5.98. The first-order valence-corrected chi connectivity index (χ1v) is 8.12. The SMILES string of the molecule is COc1cccc(Oc2ccc(-c3nn(C)c4ncnc(N)c34)cc2)c1F. The molecule has 2 aromatic carbocycles. The lowest BCUT2D eigenvalue weighted by atomic mass is 10.1. The molecule has 7 nitrogen and oxygen atoms in total. The minimum Gasteiger partial charge on any atom is -0.494 e. The van der Waals surface area contributed by atoms with E-state index in [1.54, 1.807) is 29.9 Å². The number of aryl methyl sites for hydroxylation is 1. The fourth-order valence-electron chi connectivity index (χ4n) is 2.85. The number of nitrogens with zero attached hydrogens (tertiary/aromatic N) is 4. The van der Waals surface area contributed by atoms with Crippen molar-refractivity contribution in [3.63, 3.8) is 0 Å². The van der Waals surface area contributed by atoms with E-state index in [1.165, 1.54) is 25.6 Å². The Morgan fingerprint density at radius 3 is 2.52 bits per heavy atom. The van der Waals surface area contributed by atoms with Crippen LogP contribution in [0.25, 0.3) is 22.3 Å². The van der Waals surface area contributed by atoms with Crippen molar-refractivity contribution in [1.29, 1.82) is 0 Å². The predicted molar refractivity (Wildman–Crippen MR) is 99.2 cm³/mol. The van der Waals surface area contributed by atoms with E-state index in [9.17, 15) is 4.39 Å². The second kappa shape index (κ2) is 6.56. The Bertz CT molecular complexity index is 1130. The Morgan fingerprint density at radius 2 is 1.78 bits per heavy atom. The van der Waals surface area contributed by atoms with Gasteiger partial charge >= 0.3 is 0 Å². The number of nitrogen functional groups attached to an aromatic ring is 1. The molecule has 0 radical (unpaired) electrons. The van der Waals surface area contributed by atoms with E-state index in [4.69, 9.17) is 15.2 Å². The number of halogens is 1. The summed E-state index contributed by atoms with van der Waals surface area (Å²) in [5.74, 6) is 0.504. The third-order valence-electron chi connectivity index (χ3n) is 4.15. The molecule has 0 unspecified atom stereocenters. The van der Waals surface area contributed by atoms with E-state index in [0.29, 0.717) is 28.3 Å². The molecule has 0 atom stereocenters. The maximum Gasteiger partial charge on any atom is 0.207 e. The van der Waals surface area contributed by atoms with Crippen LogP contribution in [0.2, 0.25) is 0 Å². The molecule has 0 saturated heterocycles. The van der Waals surface area contributed by atoms with E-state index in [2.05, 4.69) is 15.1 Å². The molecule has 8 heteroatoms. The fourth-order valence-corrected chi connectivity index (χ4v) is 2.85. The molecular formula is C19H16FN5O2. The molecule has 0 spiro atoms. The molecule has 2 aromatic heterocycles. The van der Waals surface area contributed by atoms with Gasteiger partial charge in [-0.3, -0.25) is 0 Å². The van der Waals surface area contributed by atoms with Crippen LogP contribution in [0.4, 0.5) is 10.2 Å². The highest BCUT2D eigenvalue weighted by atomic mass is 19.1. The molecule has 0 fully saturated rings. The van der Waals surface area contributed by atoms with Crippen LogP contribution in [-0.4, -0.2) is 26.9 Å². The molecule has 0 amide bonds. The minimum atomic E-state index is -0.551. The highest BCUT2D eigenvalue weighted by Crippen LogP contribution is 2.33. The van der Waals surface area contributed by atoms with Gasteiger partial charge in [0.25, 0.3) is 0 Å². The van der Waals surface area contributed by atoms with Gasteiger partial charge in [-0.25, -0.2) is 14.6 Å². The Hall–Kier alpha value is -3.68. The van der Waals surface area contributed by atoms with Gasteiger partial charge in [0.15, 0.2) is 17.1 Å². The van der Waals surface area contributed by atoms with Crippen molar-refractivity contribution in [1.82, 2.24) is 19.7 Å².